The Kier molecular flexibility index (Phi) is 4.40. The maximum absolute atomic E-state index is 6.08. The second kappa shape index (κ2) is 6.70. The summed E-state index contributed by atoms with van der Waals surface area (Å²) >= 11 is 11.8. The van der Waals surface area contributed by atoms with E-state index in [1.807, 2.05) is 24.3 Å². The van der Waals surface area contributed by atoms with Gasteiger partial charge in [-0.3, -0.25) is 0 Å². The molecular formula is C20H20ClN3S. The van der Waals surface area contributed by atoms with Crippen molar-refractivity contribution in [3.05, 3.63) is 64.8 Å². The molecule has 3 nitrogen and oxygen atoms in total. The molecular weight excluding hydrogens is 350 g/mol. The molecule has 128 valence electrons. The van der Waals surface area contributed by atoms with Gasteiger partial charge in [0.15, 0.2) is 5.11 Å². The minimum atomic E-state index is 0.260. The Balaban J connectivity index is 1.64. The first-order valence-corrected chi connectivity index (χ1v) is 9.38. The third-order valence-electron chi connectivity index (χ3n) is 4.88. The van der Waals surface area contributed by atoms with Crippen LogP contribution < -0.4 is 5.32 Å². The van der Waals surface area contributed by atoms with Crippen molar-refractivity contribution in [1.82, 2.24) is 9.88 Å². The van der Waals surface area contributed by atoms with Gasteiger partial charge < -0.3 is 15.2 Å². The summed E-state index contributed by atoms with van der Waals surface area (Å²) in [7, 11) is 0. The average Bonchev–Trinajstić information content (AvgIpc) is 2.99. The van der Waals surface area contributed by atoms with Crippen LogP contribution >= 0.6 is 23.8 Å². The molecule has 25 heavy (non-hydrogen) atoms. The van der Waals surface area contributed by atoms with Crippen LogP contribution in [0, 0.1) is 0 Å². The molecule has 0 fully saturated rings. The van der Waals surface area contributed by atoms with E-state index in [1.165, 1.54) is 22.2 Å². The maximum atomic E-state index is 6.08. The standard InChI is InChI=1S/C20H20ClN3S/c1-2-18-19-16(15-8-3-4-9-17(15)23-19)10-11-24(18)20(25)22-14-7-5-6-13(21)12-14/h3-9,12,18,23H,2,10-11H2,1H3,(H,22,25). The van der Waals surface area contributed by atoms with Gasteiger partial charge in [-0.15, -0.1) is 0 Å². The van der Waals surface area contributed by atoms with E-state index in [-0.39, 0.29) is 6.04 Å². The van der Waals surface area contributed by atoms with Crippen molar-refractivity contribution in [2.75, 3.05) is 11.9 Å². The Hall–Kier alpha value is -2.04. The molecule has 0 saturated heterocycles. The first-order chi connectivity index (χ1) is 12.2. The molecule has 0 radical (unpaired) electrons. The molecule has 4 rings (SSSR count). The zero-order chi connectivity index (χ0) is 17.4. The third kappa shape index (κ3) is 3.00. The molecule has 1 aliphatic heterocycles. The van der Waals surface area contributed by atoms with Gasteiger partial charge in [0, 0.05) is 33.9 Å². The highest BCUT2D eigenvalue weighted by Crippen LogP contribution is 2.36. The summed E-state index contributed by atoms with van der Waals surface area (Å²) in [5, 5.41) is 6.13. The van der Waals surface area contributed by atoms with Crippen LogP contribution in [0.25, 0.3) is 10.9 Å². The van der Waals surface area contributed by atoms with Crippen LogP contribution in [0.5, 0.6) is 0 Å². The number of fused-ring (bicyclic) bond motifs is 3. The maximum Gasteiger partial charge on any atom is 0.174 e. The topological polar surface area (TPSA) is 31.1 Å². The summed E-state index contributed by atoms with van der Waals surface area (Å²) in [6.07, 6.45) is 1.99. The van der Waals surface area contributed by atoms with Gasteiger partial charge in [-0.05, 0) is 54.9 Å². The third-order valence-corrected chi connectivity index (χ3v) is 5.45. The predicted octanol–water partition coefficient (Wildman–Crippen LogP) is 5.53. The molecule has 0 saturated carbocycles. The summed E-state index contributed by atoms with van der Waals surface area (Å²) < 4.78 is 0. The van der Waals surface area contributed by atoms with Crippen molar-refractivity contribution < 1.29 is 0 Å². The molecule has 2 aromatic carbocycles. The summed E-state index contributed by atoms with van der Waals surface area (Å²) in [6, 6.07) is 16.5. The van der Waals surface area contributed by atoms with Crippen molar-refractivity contribution in [2.45, 2.75) is 25.8 Å². The van der Waals surface area contributed by atoms with E-state index < -0.39 is 0 Å². The number of aromatic amines is 1. The number of hydrogen-bond acceptors (Lipinski definition) is 1. The van der Waals surface area contributed by atoms with Gasteiger partial charge in [0.25, 0.3) is 0 Å². The number of halogens is 1. The molecule has 3 aromatic rings. The second-order valence-corrected chi connectivity index (χ2v) is 7.19. The lowest BCUT2D eigenvalue weighted by Crippen LogP contribution is -2.42. The number of benzene rings is 2. The number of rotatable bonds is 2. The Morgan fingerprint density at radius 2 is 2.12 bits per heavy atom. The monoisotopic (exact) mass is 369 g/mol. The van der Waals surface area contributed by atoms with Crippen LogP contribution in [-0.2, 0) is 6.42 Å². The molecule has 0 spiro atoms. The van der Waals surface area contributed by atoms with Crippen LogP contribution in [0.1, 0.15) is 30.6 Å². The molecule has 0 bridgehead atoms. The molecule has 0 amide bonds. The van der Waals surface area contributed by atoms with Crippen molar-refractivity contribution in [2.24, 2.45) is 0 Å². The highest BCUT2D eigenvalue weighted by molar-refractivity contribution is 7.80. The van der Waals surface area contributed by atoms with E-state index in [9.17, 15) is 0 Å². The Morgan fingerprint density at radius 1 is 1.28 bits per heavy atom. The van der Waals surface area contributed by atoms with E-state index >= 15 is 0 Å². The fourth-order valence-corrected chi connectivity index (χ4v) is 4.27. The molecule has 1 aromatic heterocycles. The fourth-order valence-electron chi connectivity index (χ4n) is 3.75. The highest BCUT2D eigenvalue weighted by Gasteiger charge is 2.30. The molecule has 1 aliphatic rings. The number of thiocarbonyl (C=S) groups is 1. The quantitative estimate of drug-likeness (QED) is 0.582. The van der Waals surface area contributed by atoms with Crippen LogP contribution in [0.3, 0.4) is 0 Å². The smallest absolute Gasteiger partial charge is 0.174 e. The number of hydrogen-bond donors (Lipinski definition) is 2. The van der Waals surface area contributed by atoms with Crippen LogP contribution in [-0.4, -0.2) is 21.5 Å². The summed E-state index contributed by atoms with van der Waals surface area (Å²) in [4.78, 5) is 5.91. The average molecular weight is 370 g/mol. The SMILES string of the molecule is CCC1c2[nH]c3ccccc3c2CCN1C(=S)Nc1cccc(Cl)c1. The highest BCUT2D eigenvalue weighted by atomic mass is 35.5. The Labute approximate surface area is 158 Å². The molecule has 2 heterocycles. The summed E-state index contributed by atoms with van der Waals surface area (Å²) in [6.45, 7) is 3.13. The number of para-hydroxylation sites is 1. The van der Waals surface area contributed by atoms with Gasteiger partial charge in [-0.1, -0.05) is 42.8 Å². The van der Waals surface area contributed by atoms with E-state index in [2.05, 4.69) is 46.4 Å². The number of anilines is 1. The summed E-state index contributed by atoms with van der Waals surface area (Å²) in [5.41, 5.74) is 4.87. The zero-order valence-electron chi connectivity index (χ0n) is 14.1. The van der Waals surface area contributed by atoms with Gasteiger partial charge in [0.2, 0.25) is 0 Å². The van der Waals surface area contributed by atoms with Crippen LogP contribution in [0.4, 0.5) is 5.69 Å². The van der Waals surface area contributed by atoms with E-state index in [0.717, 1.165) is 30.2 Å². The first-order valence-electron chi connectivity index (χ1n) is 8.60. The van der Waals surface area contributed by atoms with Gasteiger partial charge in [0.05, 0.1) is 6.04 Å². The molecule has 1 atom stereocenters. The summed E-state index contributed by atoms with van der Waals surface area (Å²) in [5.74, 6) is 0. The molecule has 5 heteroatoms. The largest absolute Gasteiger partial charge is 0.356 e. The van der Waals surface area contributed by atoms with Crippen molar-refractivity contribution in [1.29, 1.82) is 0 Å². The number of aromatic nitrogens is 1. The van der Waals surface area contributed by atoms with Gasteiger partial charge in [0.1, 0.15) is 0 Å². The molecule has 1 unspecified atom stereocenters. The fraction of sp³-hybridized carbons (Fsp3) is 0.250. The Morgan fingerprint density at radius 3 is 2.92 bits per heavy atom. The lowest BCUT2D eigenvalue weighted by Gasteiger charge is -2.37. The number of nitrogens with zero attached hydrogens (tertiary/aromatic N) is 1. The lowest BCUT2D eigenvalue weighted by atomic mass is 9.96. The zero-order valence-corrected chi connectivity index (χ0v) is 15.6. The molecule has 0 aliphatic carbocycles. The second-order valence-electron chi connectivity index (χ2n) is 6.37. The lowest BCUT2D eigenvalue weighted by molar-refractivity contribution is 0.291. The molecule has 2 N–H and O–H groups in total. The van der Waals surface area contributed by atoms with Crippen LogP contribution in [0.2, 0.25) is 5.02 Å². The van der Waals surface area contributed by atoms with Crippen molar-refractivity contribution in [3.8, 4) is 0 Å². The van der Waals surface area contributed by atoms with Crippen LogP contribution in [0.15, 0.2) is 48.5 Å². The van der Waals surface area contributed by atoms with Crippen molar-refractivity contribution >= 4 is 45.5 Å². The van der Waals surface area contributed by atoms with Gasteiger partial charge in [-0.25, -0.2) is 0 Å². The van der Waals surface area contributed by atoms with Gasteiger partial charge in [-0.2, -0.15) is 0 Å². The Bertz CT molecular complexity index is 934. The minimum absolute atomic E-state index is 0.260. The number of nitrogens with one attached hydrogen (secondary N) is 2. The van der Waals surface area contributed by atoms with E-state index in [0.29, 0.717) is 5.02 Å². The van der Waals surface area contributed by atoms with E-state index in [4.69, 9.17) is 23.8 Å². The minimum Gasteiger partial charge on any atom is -0.356 e. The van der Waals surface area contributed by atoms with Gasteiger partial charge >= 0.3 is 0 Å². The first kappa shape index (κ1) is 16.4. The normalized spacial score (nSPS) is 16.7. The predicted molar refractivity (Wildman–Crippen MR) is 109 cm³/mol. The number of H-pyrrole nitrogens is 1. The van der Waals surface area contributed by atoms with Crippen molar-refractivity contribution in [3.63, 3.8) is 0 Å². The van der Waals surface area contributed by atoms with E-state index in [1.54, 1.807) is 0 Å².